The molecular weight excluding hydrogens is 334 g/mol. The molecule has 3 rings (SSSR count). The molecule has 0 aliphatic heterocycles. The maximum Gasteiger partial charge on any atom is 0.237 e. The molecule has 2 aromatic carbocycles. The second-order valence-corrected chi connectivity index (χ2v) is 7.09. The van der Waals surface area contributed by atoms with Gasteiger partial charge in [0.05, 0.1) is 10.9 Å². The molecule has 7 heteroatoms. The summed E-state index contributed by atoms with van der Waals surface area (Å²) in [5.74, 6) is -0.0880. The number of hydrogen-bond acceptors (Lipinski definition) is 5. The van der Waals surface area contributed by atoms with Crippen molar-refractivity contribution in [1.29, 1.82) is 0 Å². The average molecular weight is 353 g/mol. The molecule has 25 heavy (non-hydrogen) atoms. The van der Waals surface area contributed by atoms with E-state index in [0.29, 0.717) is 5.16 Å². The summed E-state index contributed by atoms with van der Waals surface area (Å²) in [6, 6.07) is 15.6. The SMILES string of the molecule is Cc1cccc(NC(=O)[C@H](C)Sc2nnnn2-c2ccccc2C)c1. The van der Waals surface area contributed by atoms with E-state index in [2.05, 4.69) is 20.8 Å². The van der Waals surface area contributed by atoms with Crippen molar-refractivity contribution in [3.8, 4) is 5.69 Å². The molecule has 0 saturated carbocycles. The number of carbonyl (C=O) groups excluding carboxylic acids is 1. The number of nitrogens with one attached hydrogen (secondary N) is 1. The van der Waals surface area contributed by atoms with E-state index in [1.165, 1.54) is 11.8 Å². The normalized spacial score (nSPS) is 12.0. The number of aromatic nitrogens is 4. The summed E-state index contributed by atoms with van der Waals surface area (Å²) >= 11 is 1.33. The Balaban J connectivity index is 1.74. The minimum Gasteiger partial charge on any atom is -0.325 e. The lowest BCUT2D eigenvalue weighted by atomic mass is 10.2. The van der Waals surface area contributed by atoms with E-state index in [-0.39, 0.29) is 11.2 Å². The van der Waals surface area contributed by atoms with E-state index in [1.807, 2.05) is 69.3 Å². The maximum absolute atomic E-state index is 12.5. The number of aryl methyl sites for hydroxylation is 2. The third-order valence-electron chi connectivity index (χ3n) is 3.72. The second kappa shape index (κ2) is 7.48. The number of anilines is 1. The van der Waals surface area contributed by atoms with Gasteiger partial charge >= 0.3 is 0 Å². The van der Waals surface area contributed by atoms with Crippen LogP contribution in [-0.4, -0.2) is 31.4 Å². The van der Waals surface area contributed by atoms with Gasteiger partial charge in [0.1, 0.15) is 0 Å². The quantitative estimate of drug-likeness (QED) is 0.712. The number of benzene rings is 2. The van der Waals surface area contributed by atoms with Crippen LogP contribution in [0.3, 0.4) is 0 Å². The average Bonchev–Trinajstić information content (AvgIpc) is 3.03. The van der Waals surface area contributed by atoms with Crippen LogP contribution in [0.25, 0.3) is 5.69 Å². The molecule has 0 spiro atoms. The fourth-order valence-electron chi connectivity index (χ4n) is 2.38. The van der Waals surface area contributed by atoms with Gasteiger partial charge in [-0.2, -0.15) is 4.68 Å². The van der Waals surface area contributed by atoms with Crippen LogP contribution in [0.15, 0.2) is 53.7 Å². The first-order chi connectivity index (χ1) is 12.0. The van der Waals surface area contributed by atoms with E-state index in [0.717, 1.165) is 22.5 Å². The van der Waals surface area contributed by atoms with Crippen molar-refractivity contribution >= 4 is 23.4 Å². The fourth-order valence-corrected chi connectivity index (χ4v) is 3.18. The highest BCUT2D eigenvalue weighted by Gasteiger charge is 2.20. The topological polar surface area (TPSA) is 72.7 Å². The number of carbonyl (C=O) groups is 1. The van der Waals surface area contributed by atoms with Crippen molar-refractivity contribution < 1.29 is 4.79 Å². The van der Waals surface area contributed by atoms with Crippen LogP contribution >= 0.6 is 11.8 Å². The lowest BCUT2D eigenvalue weighted by molar-refractivity contribution is -0.115. The number of amides is 1. The Bertz CT molecular complexity index is 892. The first kappa shape index (κ1) is 17.2. The second-order valence-electron chi connectivity index (χ2n) is 5.78. The summed E-state index contributed by atoms with van der Waals surface area (Å²) in [5.41, 5.74) is 3.85. The molecule has 0 radical (unpaired) electrons. The zero-order chi connectivity index (χ0) is 17.8. The highest BCUT2D eigenvalue weighted by atomic mass is 32.2. The van der Waals surface area contributed by atoms with Gasteiger partial charge in [-0.3, -0.25) is 4.79 Å². The number of nitrogens with zero attached hydrogens (tertiary/aromatic N) is 4. The monoisotopic (exact) mass is 353 g/mol. The summed E-state index contributed by atoms with van der Waals surface area (Å²) in [5, 5.41) is 15.1. The molecule has 0 unspecified atom stereocenters. The van der Waals surface area contributed by atoms with Gasteiger partial charge in [-0.15, -0.1) is 5.10 Å². The van der Waals surface area contributed by atoms with E-state index in [4.69, 9.17) is 0 Å². The molecule has 1 amide bonds. The summed E-state index contributed by atoms with van der Waals surface area (Å²) in [4.78, 5) is 12.5. The Morgan fingerprint density at radius 3 is 2.72 bits per heavy atom. The highest BCUT2D eigenvalue weighted by molar-refractivity contribution is 8.00. The van der Waals surface area contributed by atoms with Crippen LogP contribution in [0.1, 0.15) is 18.1 Å². The van der Waals surface area contributed by atoms with Crippen molar-refractivity contribution in [2.75, 3.05) is 5.32 Å². The van der Waals surface area contributed by atoms with E-state index < -0.39 is 0 Å². The highest BCUT2D eigenvalue weighted by Crippen LogP contribution is 2.25. The molecular formula is C18H19N5OS. The molecule has 0 fully saturated rings. The van der Waals surface area contributed by atoms with Gasteiger partial charge < -0.3 is 5.32 Å². The molecule has 0 bridgehead atoms. The van der Waals surface area contributed by atoms with Crippen molar-refractivity contribution in [1.82, 2.24) is 20.2 Å². The Labute approximate surface area is 150 Å². The van der Waals surface area contributed by atoms with Crippen molar-refractivity contribution in [2.45, 2.75) is 31.2 Å². The van der Waals surface area contributed by atoms with Crippen LogP contribution in [-0.2, 0) is 4.79 Å². The zero-order valence-electron chi connectivity index (χ0n) is 14.3. The van der Waals surface area contributed by atoms with Crippen LogP contribution in [0.4, 0.5) is 5.69 Å². The van der Waals surface area contributed by atoms with Gasteiger partial charge in [0, 0.05) is 5.69 Å². The molecule has 0 aliphatic carbocycles. The Hall–Kier alpha value is -2.67. The standard InChI is InChI=1S/C18H19N5OS/c1-12-7-6-9-15(11-12)19-17(24)14(3)25-18-20-21-22-23(18)16-10-5-4-8-13(16)2/h4-11,14H,1-3H3,(H,19,24)/t14-/m0/s1. The molecule has 128 valence electrons. The van der Waals surface area contributed by atoms with Gasteiger partial charge in [-0.1, -0.05) is 42.1 Å². The summed E-state index contributed by atoms with van der Waals surface area (Å²) in [6.07, 6.45) is 0. The molecule has 1 heterocycles. The molecule has 6 nitrogen and oxygen atoms in total. The maximum atomic E-state index is 12.5. The van der Waals surface area contributed by atoms with Crippen molar-refractivity contribution in [2.24, 2.45) is 0 Å². The Kier molecular flexibility index (Phi) is 5.14. The molecule has 0 saturated heterocycles. The van der Waals surface area contributed by atoms with Crippen LogP contribution in [0, 0.1) is 13.8 Å². The number of para-hydroxylation sites is 1. The zero-order valence-corrected chi connectivity index (χ0v) is 15.1. The lowest BCUT2D eigenvalue weighted by Crippen LogP contribution is -2.23. The van der Waals surface area contributed by atoms with E-state index in [1.54, 1.807) is 4.68 Å². The minimum atomic E-state index is -0.339. The van der Waals surface area contributed by atoms with Gasteiger partial charge in [0.25, 0.3) is 0 Å². The van der Waals surface area contributed by atoms with E-state index in [9.17, 15) is 4.79 Å². The predicted octanol–water partition coefficient (Wildman–Crippen LogP) is 3.40. The van der Waals surface area contributed by atoms with Gasteiger partial charge in [0.15, 0.2) is 0 Å². The van der Waals surface area contributed by atoms with Crippen molar-refractivity contribution in [3.63, 3.8) is 0 Å². The van der Waals surface area contributed by atoms with Crippen LogP contribution in [0.5, 0.6) is 0 Å². The third-order valence-corrected chi connectivity index (χ3v) is 4.75. The van der Waals surface area contributed by atoms with Gasteiger partial charge in [-0.05, 0) is 60.5 Å². The first-order valence-electron chi connectivity index (χ1n) is 7.93. The number of hydrogen-bond donors (Lipinski definition) is 1. The number of tetrazole rings is 1. The molecule has 3 aromatic rings. The third kappa shape index (κ3) is 4.06. The predicted molar refractivity (Wildman–Crippen MR) is 99.0 cm³/mol. The van der Waals surface area contributed by atoms with Gasteiger partial charge in [0.2, 0.25) is 11.1 Å². The molecule has 0 aliphatic rings. The Morgan fingerprint density at radius 1 is 1.16 bits per heavy atom. The minimum absolute atomic E-state index is 0.0880. The smallest absolute Gasteiger partial charge is 0.237 e. The summed E-state index contributed by atoms with van der Waals surface area (Å²) < 4.78 is 1.66. The first-order valence-corrected chi connectivity index (χ1v) is 8.81. The molecule has 1 aromatic heterocycles. The van der Waals surface area contributed by atoms with Gasteiger partial charge in [-0.25, -0.2) is 0 Å². The fraction of sp³-hybridized carbons (Fsp3) is 0.222. The molecule has 1 N–H and O–H groups in total. The largest absolute Gasteiger partial charge is 0.325 e. The van der Waals surface area contributed by atoms with Crippen LogP contribution in [0.2, 0.25) is 0 Å². The summed E-state index contributed by atoms with van der Waals surface area (Å²) in [6.45, 7) is 5.83. The van der Waals surface area contributed by atoms with Crippen molar-refractivity contribution in [3.05, 3.63) is 59.7 Å². The van der Waals surface area contributed by atoms with E-state index >= 15 is 0 Å². The Morgan fingerprint density at radius 2 is 1.96 bits per heavy atom. The van der Waals surface area contributed by atoms with Crippen LogP contribution < -0.4 is 5.32 Å². The number of rotatable bonds is 5. The lowest BCUT2D eigenvalue weighted by Gasteiger charge is -2.12. The molecule has 1 atom stereocenters. The number of thioether (sulfide) groups is 1. The summed E-state index contributed by atoms with van der Waals surface area (Å²) in [7, 11) is 0.